The summed E-state index contributed by atoms with van der Waals surface area (Å²) >= 11 is 0.787. The number of carbonyl (C=O) groups is 2. The third-order valence-electron chi connectivity index (χ3n) is 4.10. The van der Waals surface area contributed by atoms with Crippen molar-refractivity contribution in [3.8, 4) is 6.07 Å². The first kappa shape index (κ1) is 27.5. The van der Waals surface area contributed by atoms with Crippen LogP contribution in [-0.4, -0.2) is 34.9 Å². The Morgan fingerprint density at radius 1 is 1.23 bits per heavy atom. The molecule has 0 radical (unpaired) electrons. The molecule has 2 aromatic rings. The van der Waals surface area contributed by atoms with Gasteiger partial charge in [-0.05, 0) is 45.9 Å². The molecule has 0 unspecified atom stereocenters. The van der Waals surface area contributed by atoms with E-state index < -0.39 is 41.5 Å². The average molecular weight is 512 g/mol. The minimum absolute atomic E-state index is 0.0620. The van der Waals surface area contributed by atoms with E-state index in [1.165, 1.54) is 6.20 Å². The molecule has 9 nitrogen and oxygen atoms in total. The third-order valence-corrected chi connectivity index (χ3v) is 5.23. The standard InChI is InChI=1S/C22H24F3N5O4S/c1-5-30-18(32)16(35-19(30)15(10-26)17(31)28-12-22(23,24)25)11-27-13-7-6-8-14(9-13)29-20(33)34-21(2,3)4/h6-9,11,27H,5,12H2,1-4H3,(H,28,31)(H,29,33)/b16-11+,19-15-. The molecule has 0 aliphatic heterocycles. The van der Waals surface area contributed by atoms with Crippen molar-refractivity contribution in [2.75, 3.05) is 17.2 Å². The number of ether oxygens (including phenoxy) is 1. The smallest absolute Gasteiger partial charge is 0.412 e. The van der Waals surface area contributed by atoms with Gasteiger partial charge in [-0.15, -0.1) is 11.3 Å². The number of hydrogen-bond donors (Lipinski definition) is 3. The molecule has 1 aromatic heterocycles. The topological polar surface area (TPSA) is 125 Å². The highest BCUT2D eigenvalue weighted by atomic mass is 32.1. The second-order valence-corrected chi connectivity index (χ2v) is 9.13. The summed E-state index contributed by atoms with van der Waals surface area (Å²) in [5.41, 5.74) is -0.867. The monoisotopic (exact) mass is 511 g/mol. The summed E-state index contributed by atoms with van der Waals surface area (Å²) < 4.78 is 43.7. The molecule has 0 saturated heterocycles. The SMILES string of the molecule is CCn1c(=O)/c(=C\Nc2cccc(NC(=O)OC(C)(C)C)c2)s/c1=C(/C#N)C(=O)NCC(F)(F)F. The maximum absolute atomic E-state index is 12.7. The molecule has 0 bridgehead atoms. The zero-order chi connectivity index (χ0) is 26.4. The Labute approximate surface area is 202 Å². The van der Waals surface area contributed by atoms with Crippen LogP contribution in [0.2, 0.25) is 0 Å². The molecule has 2 rings (SSSR count). The summed E-state index contributed by atoms with van der Waals surface area (Å²) in [6.45, 7) is 5.27. The van der Waals surface area contributed by atoms with Crippen LogP contribution in [0.5, 0.6) is 0 Å². The molecule has 0 fully saturated rings. The van der Waals surface area contributed by atoms with Gasteiger partial charge in [0.15, 0.2) is 5.57 Å². The quantitative estimate of drug-likeness (QED) is 0.547. The van der Waals surface area contributed by atoms with Gasteiger partial charge in [-0.1, -0.05) is 6.07 Å². The summed E-state index contributed by atoms with van der Waals surface area (Å²) in [7, 11) is 0. The molecule has 13 heteroatoms. The Kier molecular flexibility index (Phi) is 8.70. The Morgan fingerprint density at radius 3 is 2.46 bits per heavy atom. The molecule has 2 amide bonds. The maximum atomic E-state index is 12.7. The van der Waals surface area contributed by atoms with Crippen molar-refractivity contribution in [2.45, 2.75) is 46.0 Å². The fourth-order valence-corrected chi connectivity index (χ4v) is 3.80. The lowest BCUT2D eigenvalue weighted by Gasteiger charge is -2.19. The number of benzene rings is 1. The van der Waals surface area contributed by atoms with Gasteiger partial charge in [0.05, 0.1) is 0 Å². The zero-order valence-corrected chi connectivity index (χ0v) is 20.2. The van der Waals surface area contributed by atoms with Crippen LogP contribution >= 0.6 is 11.3 Å². The van der Waals surface area contributed by atoms with E-state index in [0.29, 0.717) is 11.4 Å². The normalized spacial score (nSPS) is 13.0. The lowest BCUT2D eigenvalue weighted by atomic mass is 10.2. The first-order valence-corrected chi connectivity index (χ1v) is 11.1. The first-order chi connectivity index (χ1) is 16.2. The van der Waals surface area contributed by atoms with Crippen LogP contribution in [0, 0.1) is 11.3 Å². The highest BCUT2D eigenvalue weighted by molar-refractivity contribution is 7.07. The highest BCUT2D eigenvalue weighted by Crippen LogP contribution is 2.17. The van der Waals surface area contributed by atoms with Crippen molar-refractivity contribution in [3.63, 3.8) is 0 Å². The van der Waals surface area contributed by atoms with Crippen LogP contribution in [0.25, 0.3) is 11.8 Å². The van der Waals surface area contributed by atoms with Gasteiger partial charge < -0.3 is 15.4 Å². The van der Waals surface area contributed by atoms with Crippen molar-refractivity contribution in [2.24, 2.45) is 0 Å². The number of halogens is 3. The molecular weight excluding hydrogens is 487 g/mol. The van der Waals surface area contributed by atoms with E-state index in [0.717, 1.165) is 15.9 Å². The van der Waals surface area contributed by atoms with Gasteiger partial charge in [0.2, 0.25) is 0 Å². The number of nitriles is 1. The molecule has 0 aliphatic rings. The number of amides is 2. The fraction of sp³-hybridized carbons (Fsp3) is 0.364. The van der Waals surface area contributed by atoms with Crippen molar-refractivity contribution < 1.29 is 27.5 Å². The molecule has 0 spiro atoms. The molecule has 35 heavy (non-hydrogen) atoms. The number of hydrogen-bond acceptors (Lipinski definition) is 7. The highest BCUT2D eigenvalue weighted by Gasteiger charge is 2.29. The number of nitrogens with zero attached hydrogens (tertiary/aromatic N) is 2. The summed E-state index contributed by atoms with van der Waals surface area (Å²) in [4.78, 5) is 36.9. The lowest BCUT2D eigenvalue weighted by Crippen LogP contribution is -2.37. The minimum atomic E-state index is -4.65. The van der Waals surface area contributed by atoms with E-state index >= 15 is 0 Å². The van der Waals surface area contributed by atoms with Gasteiger partial charge in [0.1, 0.15) is 27.4 Å². The largest absolute Gasteiger partial charge is 0.444 e. The van der Waals surface area contributed by atoms with Crippen LogP contribution in [0.15, 0.2) is 29.1 Å². The van der Waals surface area contributed by atoms with Gasteiger partial charge in [-0.25, -0.2) is 4.79 Å². The molecule has 0 saturated carbocycles. The summed E-state index contributed by atoms with van der Waals surface area (Å²) in [5, 5.41) is 16.5. The van der Waals surface area contributed by atoms with E-state index in [4.69, 9.17) is 4.74 Å². The number of carbonyl (C=O) groups excluding carboxylic acids is 2. The summed E-state index contributed by atoms with van der Waals surface area (Å²) in [6, 6.07) is 8.13. The van der Waals surface area contributed by atoms with E-state index in [2.05, 4.69) is 10.6 Å². The lowest BCUT2D eigenvalue weighted by molar-refractivity contribution is -0.135. The maximum Gasteiger partial charge on any atom is 0.412 e. The molecule has 188 valence electrons. The predicted octanol–water partition coefficient (Wildman–Crippen LogP) is 2.48. The Balaban J connectivity index is 2.36. The van der Waals surface area contributed by atoms with Crippen molar-refractivity contribution in [1.82, 2.24) is 9.88 Å². The minimum Gasteiger partial charge on any atom is -0.444 e. The Hall–Kier alpha value is -3.79. The molecule has 1 heterocycles. The number of anilines is 2. The van der Waals surface area contributed by atoms with Gasteiger partial charge in [0, 0.05) is 24.1 Å². The van der Waals surface area contributed by atoms with Crippen molar-refractivity contribution in [3.05, 3.63) is 43.8 Å². The number of aromatic nitrogens is 1. The van der Waals surface area contributed by atoms with E-state index in [1.54, 1.807) is 63.3 Å². The summed E-state index contributed by atoms with van der Waals surface area (Å²) in [5.74, 6) is -1.23. The number of rotatable bonds is 6. The Bertz CT molecular complexity index is 1320. The molecule has 0 atom stereocenters. The van der Waals surface area contributed by atoms with Crippen LogP contribution in [0.1, 0.15) is 27.7 Å². The molecule has 0 aliphatic carbocycles. The first-order valence-electron chi connectivity index (χ1n) is 10.3. The summed E-state index contributed by atoms with van der Waals surface area (Å²) in [6.07, 6.45) is -3.94. The number of thiazole rings is 1. The average Bonchev–Trinajstić information content (AvgIpc) is 3.04. The van der Waals surface area contributed by atoms with E-state index in [1.807, 2.05) is 0 Å². The second-order valence-electron chi connectivity index (χ2n) is 8.10. The van der Waals surface area contributed by atoms with Crippen LogP contribution in [0.4, 0.5) is 29.3 Å². The van der Waals surface area contributed by atoms with Crippen LogP contribution in [0.3, 0.4) is 0 Å². The molecule has 3 N–H and O–H groups in total. The molecular formula is C22H24F3N5O4S. The van der Waals surface area contributed by atoms with Gasteiger partial charge >= 0.3 is 12.3 Å². The zero-order valence-electron chi connectivity index (χ0n) is 19.4. The Morgan fingerprint density at radius 2 is 1.89 bits per heavy atom. The van der Waals surface area contributed by atoms with Crippen molar-refractivity contribution in [1.29, 1.82) is 5.26 Å². The second kappa shape index (κ2) is 11.1. The fourth-order valence-electron chi connectivity index (χ4n) is 2.71. The van der Waals surface area contributed by atoms with E-state index in [9.17, 15) is 32.8 Å². The third kappa shape index (κ3) is 8.18. The number of nitrogens with one attached hydrogen (secondary N) is 3. The van der Waals surface area contributed by atoms with Crippen molar-refractivity contribution >= 4 is 46.5 Å². The molecule has 1 aromatic carbocycles. The van der Waals surface area contributed by atoms with Gasteiger partial charge in [-0.3, -0.25) is 19.5 Å². The van der Waals surface area contributed by atoms with E-state index in [-0.39, 0.29) is 15.7 Å². The van der Waals surface area contributed by atoms with Crippen LogP contribution in [-0.2, 0) is 16.1 Å². The number of alkyl halides is 3. The van der Waals surface area contributed by atoms with Gasteiger partial charge in [-0.2, -0.15) is 18.4 Å². The van der Waals surface area contributed by atoms with Crippen LogP contribution < -0.4 is 30.7 Å². The van der Waals surface area contributed by atoms with Gasteiger partial charge in [0.25, 0.3) is 11.5 Å². The predicted molar refractivity (Wildman–Crippen MR) is 126 cm³/mol.